The van der Waals surface area contributed by atoms with Crippen molar-refractivity contribution in [2.75, 3.05) is 4.90 Å². The third kappa shape index (κ3) is 3.59. The van der Waals surface area contributed by atoms with Crippen molar-refractivity contribution in [1.82, 2.24) is 19.7 Å². The van der Waals surface area contributed by atoms with Crippen molar-refractivity contribution in [1.29, 1.82) is 0 Å². The summed E-state index contributed by atoms with van der Waals surface area (Å²) in [6.45, 7) is 2.52. The van der Waals surface area contributed by atoms with Crippen molar-refractivity contribution in [3.8, 4) is 0 Å². The molecule has 4 aromatic rings. The molecule has 0 aliphatic rings. The zero-order valence-electron chi connectivity index (χ0n) is 15.2. The number of benzene rings is 1. The fraction of sp³-hybridized carbons (Fsp3) is 0.200. The Bertz CT molecular complexity index is 1090. The zero-order chi connectivity index (χ0) is 18.8. The first-order valence-corrected chi connectivity index (χ1v) is 9.55. The first-order chi connectivity index (χ1) is 13.1. The standard InChI is InChI=1S/C20H19N5OS/c1-3-14-6-7-16-18(11-14)27-20(22-16)25(13-15-5-4-9-21-12-15)19(26)17-8-10-24(2)23-17/h4-12H,3,13H2,1-2H3. The van der Waals surface area contributed by atoms with Crippen molar-refractivity contribution in [2.45, 2.75) is 19.9 Å². The summed E-state index contributed by atoms with van der Waals surface area (Å²) < 4.78 is 2.70. The van der Waals surface area contributed by atoms with Gasteiger partial charge in [-0.3, -0.25) is 19.4 Å². The molecule has 0 fully saturated rings. The molecule has 3 aromatic heterocycles. The largest absolute Gasteiger partial charge is 0.280 e. The summed E-state index contributed by atoms with van der Waals surface area (Å²) in [6.07, 6.45) is 6.22. The average molecular weight is 377 g/mol. The van der Waals surface area contributed by atoms with Gasteiger partial charge in [-0.1, -0.05) is 30.4 Å². The number of aromatic nitrogens is 4. The summed E-state index contributed by atoms with van der Waals surface area (Å²) in [6, 6.07) is 11.8. The molecule has 6 nitrogen and oxygen atoms in total. The number of amides is 1. The highest BCUT2D eigenvalue weighted by atomic mass is 32.1. The number of hydrogen-bond donors (Lipinski definition) is 0. The van der Waals surface area contributed by atoms with Crippen molar-refractivity contribution in [3.63, 3.8) is 0 Å². The number of rotatable bonds is 5. The Morgan fingerprint density at radius 2 is 2.11 bits per heavy atom. The van der Waals surface area contributed by atoms with E-state index in [4.69, 9.17) is 4.98 Å². The molecule has 0 saturated heterocycles. The first kappa shape index (κ1) is 17.4. The maximum atomic E-state index is 13.2. The SMILES string of the molecule is CCc1ccc2nc(N(Cc3cccnc3)C(=O)c3ccn(C)n3)sc2c1. The lowest BCUT2D eigenvalue weighted by atomic mass is 10.2. The van der Waals surface area contributed by atoms with E-state index in [0.717, 1.165) is 22.2 Å². The predicted molar refractivity (Wildman–Crippen MR) is 107 cm³/mol. The van der Waals surface area contributed by atoms with Crippen LogP contribution in [0.4, 0.5) is 5.13 Å². The minimum absolute atomic E-state index is 0.172. The Morgan fingerprint density at radius 3 is 2.81 bits per heavy atom. The van der Waals surface area contributed by atoms with Crippen LogP contribution in [0.2, 0.25) is 0 Å². The second-order valence-electron chi connectivity index (χ2n) is 6.28. The van der Waals surface area contributed by atoms with E-state index in [-0.39, 0.29) is 5.91 Å². The molecule has 0 unspecified atom stereocenters. The average Bonchev–Trinajstić information content (AvgIpc) is 3.31. The lowest BCUT2D eigenvalue weighted by molar-refractivity contribution is 0.0979. The smallest absolute Gasteiger partial charge is 0.278 e. The maximum Gasteiger partial charge on any atom is 0.280 e. The molecule has 4 rings (SSSR count). The van der Waals surface area contributed by atoms with E-state index in [1.807, 2.05) is 18.2 Å². The minimum Gasteiger partial charge on any atom is -0.278 e. The number of thiazole rings is 1. The lowest BCUT2D eigenvalue weighted by Gasteiger charge is -2.18. The van der Waals surface area contributed by atoms with Crippen molar-refractivity contribution in [3.05, 3.63) is 71.8 Å². The van der Waals surface area contributed by atoms with Gasteiger partial charge in [-0.05, 0) is 41.8 Å². The maximum absolute atomic E-state index is 13.2. The second kappa shape index (κ2) is 7.28. The first-order valence-electron chi connectivity index (χ1n) is 8.74. The van der Waals surface area contributed by atoms with Crippen LogP contribution >= 0.6 is 11.3 Å². The Hall–Kier alpha value is -3.06. The number of hydrogen-bond acceptors (Lipinski definition) is 5. The number of anilines is 1. The van der Waals surface area contributed by atoms with E-state index in [0.29, 0.717) is 17.4 Å². The van der Waals surface area contributed by atoms with Crippen LogP contribution in [0.1, 0.15) is 28.5 Å². The summed E-state index contributed by atoms with van der Waals surface area (Å²) in [5.74, 6) is -0.172. The van der Waals surface area contributed by atoms with Gasteiger partial charge in [0, 0.05) is 25.6 Å². The van der Waals surface area contributed by atoms with Crippen LogP contribution in [0.3, 0.4) is 0 Å². The fourth-order valence-electron chi connectivity index (χ4n) is 2.86. The van der Waals surface area contributed by atoms with Crippen molar-refractivity contribution < 1.29 is 4.79 Å². The van der Waals surface area contributed by atoms with Crippen LogP contribution in [0.25, 0.3) is 10.2 Å². The molecule has 136 valence electrons. The van der Waals surface area contributed by atoms with Gasteiger partial charge in [-0.25, -0.2) is 4.98 Å². The van der Waals surface area contributed by atoms with Crippen LogP contribution in [0, 0.1) is 0 Å². The molecular weight excluding hydrogens is 358 g/mol. The van der Waals surface area contributed by atoms with Crippen LogP contribution in [-0.2, 0) is 20.0 Å². The van der Waals surface area contributed by atoms with Gasteiger partial charge >= 0.3 is 0 Å². The summed E-state index contributed by atoms with van der Waals surface area (Å²) in [5.41, 5.74) is 3.50. The molecule has 0 N–H and O–H groups in total. The van der Waals surface area contributed by atoms with Gasteiger partial charge in [-0.15, -0.1) is 0 Å². The molecule has 0 spiro atoms. The molecule has 3 heterocycles. The molecule has 0 atom stereocenters. The fourth-order valence-corrected chi connectivity index (χ4v) is 3.89. The van der Waals surface area contributed by atoms with E-state index < -0.39 is 0 Å². The number of fused-ring (bicyclic) bond motifs is 1. The molecule has 1 aromatic carbocycles. The zero-order valence-corrected chi connectivity index (χ0v) is 16.0. The molecule has 0 radical (unpaired) electrons. The van der Waals surface area contributed by atoms with Gasteiger partial charge in [0.15, 0.2) is 10.8 Å². The van der Waals surface area contributed by atoms with E-state index in [9.17, 15) is 4.79 Å². The van der Waals surface area contributed by atoms with Crippen LogP contribution in [-0.4, -0.2) is 25.7 Å². The van der Waals surface area contributed by atoms with Gasteiger partial charge in [0.05, 0.1) is 16.8 Å². The Kier molecular flexibility index (Phi) is 4.68. The van der Waals surface area contributed by atoms with Gasteiger partial charge in [0.25, 0.3) is 5.91 Å². The topological polar surface area (TPSA) is 63.9 Å². The monoisotopic (exact) mass is 377 g/mol. The number of pyridine rings is 1. The van der Waals surface area contributed by atoms with Crippen LogP contribution in [0.5, 0.6) is 0 Å². The summed E-state index contributed by atoms with van der Waals surface area (Å²) >= 11 is 1.52. The molecule has 7 heteroatoms. The Balaban J connectivity index is 1.75. The molecule has 1 amide bonds. The summed E-state index contributed by atoms with van der Waals surface area (Å²) in [7, 11) is 1.80. The highest BCUT2D eigenvalue weighted by molar-refractivity contribution is 7.22. The number of aryl methyl sites for hydroxylation is 2. The van der Waals surface area contributed by atoms with Gasteiger partial charge in [0.2, 0.25) is 0 Å². The van der Waals surface area contributed by atoms with E-state index in [2.05, 4.69) is 29.1 Å². The molecular formula is C20H19N5OS. The molecule has 0 saturated carbocycles. The highest BCUT2D eigenvalue weighted by Gasteiger charge is 2.23. The molecule has 27 heavy (non-hydrogen) atoms. The molecule has 0 bridgehead atoms. The van der Waals surface area contributed by atoms with Crippen LogP contribution in [0.15, 0.2) is 55.0 Å². The summed E-state index contributed by atoms with van der Waals surface area (Å²) in [4.78, 5) is 23.7. The Morgan fingerprint density at radius 1 is 1.22 bits per heavy atom. The lowest BCUT2D eigenvalue weighted by Crippen LogP contribution is -2.30. The Labute approximate surface area is 161 Å². The third-order valence-corrected chi connectivity index (χ3v) is 5.36. The van der Waals surface area contributed by atoms with Crippen molar-refractivity contribution >= 4 is 32.6 Å². The van der Waals surface area contributed by atoms with E-state index in [1.165, 1.54) is 16.9 Å². The van der Waals surface area contributed by atoms with Gasteiger partial charge < -0.3 is 0 Å². The van der Waals surface area contributed by atoms with E-state index in [1.54, 1.807) is 41.3 Å². The van der Waals surface area contributed by atoms with Gasteiger partial charge in [-0.2, -0.15) is 5.10 Å². The number of nitrogens with zero attached hydrogens (tertiary/aromatic N) is 5. The van der Waals surface area contributed by atoms with Crippen LogP contribution < -0.4 is 4.90 Å². The van der Waals surface area contributed by atoms with E-state index >= 15 is 0 Å². The highest BCUT2D eigenvalue weighted by Crippen LogP contribution is 2.31. The predicted octanol–water partition coefficient (Wildman–Crippen LogP) is 3.83. The molecule has 0 aliphatic heterocycles. The second-order valence-corrected chi connectivity index (χ2v) is 7.29. The summed E-state index contributed by atoms with van der Waals surface area (Å²) in [5, 5.41) is 4.93. The third-order valence-electron chi connectivity index (χ3n) is 4.32. The van der Waals surface area contributed by atoms with Gasteiger partial charge in [0.1, 0.15) is 0 Å². The normalized spacial score (nSPS) is 11.0. The number of carbonyl (C=O) groups excluding carboxylic acids is 1. The molecule has 0 aliphatic carbocycles. The van der Waals surface area contributed by atoms with Crippen molar-refractivity contribution in [2.24, 2.45) is 7.05 Å². The number of carbonyl (C=O) groups is 1. The minimum atomic E-state index is -0.172. The quantitative estimate of drug-likeness (QED) is 0.530.